The highest BCUT2D eigenvalue weighted by Crippen LogP contribution is 2.28. The maximum Gasteiger partial charge on any atom is 0.0730 e. The van der Waals surface area contributed by atoms with Crippen LogP contribution in [0.4, 0.5) is 0 Å². The molecule has 2 N–H and O–H groups in total. The van der Waals surface area contributed by atoms with Crippen LogP contribution in [-0.4, -0.2) is 42.3 Å². The standard InChI is InChI=1S/C12H24N2O.ClH/c1-12(2,13)9-14-7-8-15-11-6-4-3-5-10(11)14;/h10-11H,3-9,13H2,1-2H3;1H. The Morgan fingerprint density at radius 3 is 2.69 bits per heavy atom. The monoisotopic (exact) mass is 248 g/mol. The summed E-state index contributed by atoms with van der Waals surface area (Å²) >= 11 is 0. The summed E-state index contributed by atoms with van der Waals surface area (Å²) in [5.74, 6) is 0. The van der Waals surface area contributed by atoms with Crippen molar-refractivity contribution in [1.82, 2.24) is 4.90 Å². The molecule has 2 aliphatic rings. The van der Waals surface area contributed by atoms with Crippen LogP contribution in [0.25, 0.3) is 0 Å². The highest BCUT2D eigenvalue weighted by Gasteiger charge is 2.35. The van der Waals surface area contributed by atoms with Gasteiger partial charge in [0.05, 0.1) is 12.7 Å². The van der Waals surface area contributed by atoms with Gasteiger partial charge in [0, 0.05) is 24.7 Å². The van der Waals surface area contributed by atoms with Crippen molar-refractivity contribution in [3.8, 4) is 0 Å². The zero-order valence-corrected chi connectivity index (χ0v) is 11.3. The zero-order chi connectivity index (χ0) is 10.9. The van der Waals surface area contributed by atoms with Crippen LogP contribution in [0.3, 0.4) is 0 Å². The fraction of sp³-hybridized carbons (Fsp3) is 1.00. The second-order valence-electron chi connectivity index (χ2n) is 5.72. The highest BCUT2D eigenvalue weighted by molar-refractivity contribution is 5.85. The molecule has 1 aliphatic carbocycles. The predicted octanol–water partition coefficient (Wildman–Crippen LogP) is 1.79. The largest absolute Gasteiger partial charge is 0.375 e. The van der Waals surface area contributed by atoms with E-state index in [0.29, 0.717) is 12.1 Å². The fourth-order valence-corrected chi connectivity index (χ4v) is 2.90. The summed E-state index contributed by atoms with van der Waals surface area (Å²) in [6.07, 6.45) is 5.70. The van der Waals surface area contributed by atoms with Gasteiger partial charge in [-0.1, -0.05) is 12.8 Å². The van der Waals surface area contributed by atoms with Gasteiger partial charge in [-0.2, -0.15) is 0 Å². The van der Waals surface area contributed by atoms with Gasteiger partial charge in [0.2, 0.25) is 0 Å². The van der Waals surface area contributed by atoms with Gasteiger partial charge in [-0.25, -0.2) is 0 Å². The van der Waals surface area contributed by atoms with Gasteiger partial charge in [-0.3, -0.25) is 4.90 Å². The first-order valence-corrected chi connectivity index (χ1v) is 6.21. The predicted molar refractivity (Wildman–Crippen MR) is 69.1 cm³/mol. The lowest BCUT2D eigenvalue weighted by molar-refractivity contribution is -0.0920. The lowest BCUT2D eigenvalue weighted by Crippen LogP contribution is -2.57. The molecule has 2 atom stereocenters. The first-order valence-electron chi connectivity index (χ1n) is 6.21. The molecule has 0 spiro atoms. The summed E-state index contributed by atoms with van der Waals surface area (Å²) in [5, 5.41) is 0. The summed E-state index contributed by atoms with van der Waals surface area (Å²) < 4.78 is 5.84. The van der Waals surface area contributed by atoms with Crippen molar-refractivity contribution < 1.29 is 4.74 Å². The molecule has 3 nitrogen and oxygen atoms in total. The Balaban J connectivity index is 0.00000128. The molecular weight excluding hydrogens is 224 g/mol. The third-order valence-electron chi connectivity index (χ3n) is 3.46. The van der Waals surface area contributed by atoms with E-state index in [9.17, 15) is 0 Å². The van der Waals surface area contributed by atoms with Crippen LogP contribution in [-0.2, 0) is 4.74 Å². The first kappa shape index (κ1) is 14.2. The van der Waals surface area contributed by atoms with Crippen molar-refractivity contribution in [2.45, 2.75) is 57.2 Å². The van der Waals surface area contributed by atoms with Crippen LogP contribution in [0.1, 0.15) is 39.5 Å². The van der Waals surface area contributed by atoms with Crippen LogP contribution < -0.4 is 5.73 Å². The fourth-order valence-electron chi connectivity index (χ4n) is 2.90. The molecule has 1 saturated heterocycles. The van der Waals surface area contributed by atoms with Crippen molar-refractivity contribution in [2.75, 3.05) is 19.7 Å². The Hall–Kier alpha value is 0.170. The molecule has 2 fully saturated rings. The van der Waals surface area contributed by atoms with E-state index in [2.05, 4.69) is 18.7 Å². The molecule has 16 heavy (non-hydrogen) atoms. The molecule has 0 radical (unpaired) electrons. The Morgan fingerprint density at radius 1 is 1.31 bits per heavy atom. The molecule has 2 rings (SSSR count). The second-order valence-corrected chi connectivity index (χ2v) is 5.72. The number of nitrogens with zero attached hydrogens (tertiary/aromatic N) is 1. The van der Waals surface area contributed by atoms with E-state index in [0.717, 1.165) is 19.7 Å². The topological polar surface area (TPSA) is 38.5 Å². The Kier molecular flexibility index (Phi) is 5.05. The number of ether oxygens (including phenoxy) is 1. The van der Waals surface area contributed by atoms with Crippen LogP contribution in [0, 0.1) is 0 Å². The molecule has 1 aliphatic heterocycles. The normalized spacial score (nSPS) is 31.7. The van der Waals surface area contributed by atoms with Crippen LogP contribution >= 0.6 is 12.4 Å². The summed E-state index contributed by atoms with van der Waals surface area (Å²) in [6.45, 7) is 7.16. The lowest BCUT2D eigenvalue weighted by atomic mass is 9.89. The van der Waals surface area contributed by atoms with Crippen LogP contribution in [0.2, 0.25) is 0 Å². The minimum Gasteiger partial charge on any atom is -0.375 e. The van der Waals surface area contributed by atoms with Crippen molar-refractivity contribution in [3.63, 3.8) is 0 Å². The number of hydrogen-bond acceptors (Lipinski definition) is 3. The average molecular weight is 249 g/mol. The summed E-state index contributed by atoms with van der Waals surface area (Å²) in [6, 6.07) is 0.635. The van der Waals surface area contributed by atoms with Gasteiger partial charge in [0.25, 0.3) is 0 Å². The van der Waals surface area contributed by atoms with Crippen LogP contribution in [0.5, 0.6) is 0 Å². The maximum atomic E-state index is 6.11. The average Bonchev–Trinajstić information content (AvgIpc) is 2.16. The van der Waals surface area contributed by atoms with Gasteiger partial charge in [0.15, 0.2) is 0 Å². The second kappa shape index (κ2) is 5.67. The minimum atomic E-state index is -0.0840. The van der Waals surface area contributed by atoms with Crippen molar-refractivity contribution in [3.05, 3.63) is 0 Å². The Morgan fingerprint density at radius 2 is 2.00 bits per heavy atom. The lowest BCUT2D eigenvalue weighted by Gasteiger charge is -2.45. The van der Waals surface area contributed by atoms with Crippen molar-refractivity contribution in [1.29, 1.82) is 0 Å². The SMILES string of the molecule is CC(C)(N)CN1CCOC2CCCCC21.Cl. The third-order valence-corrected chi connectivity index (χ3v) is 3.46. The van der Waals surface area contributed by atoms with E-state index in [4.69, 9.17) is 10.5 Å². The molecule has 2 unspecified atom stereocenters. The van der Waals surface area contributed by atoms with Gasteiger partial charge in [-0.05, 0) is 26.7 Å². The number of fused-ring (bicyclic) bond motifs is 1. The third kappa shape index (κ3) is 3.59. The molecule has 1 saturated carbocycles. The van der Waals surface area contributed by atoms with E-state index < -0.39 is 0 Å². The Labute approximate surface area is 105 Å². The van der Waals surface area contributed by atoms with E-state index >= 15 is 0 Å². The maximum absolute atomic E-state index is 6.11. The summed E-state index contributed by atoms with van der Waals surface area (Å²) in [4.78, 5) is 2.55. The van der Waals surface area contributed by atoms with Gasteiger partial charge >= 0.3 is 0 Å². The van der Waals surface area contributed by atoms with E-state index in [1.807, 2.05) is 0 Å². The molecule has 0 aromatic heterocycles. The number of nitrogens with two attached hydrogens (primary N) is 1. The van der Waals surface area contributed by atoms with Gasteiger partial charge in [-0.15, -0.1) is 12.4 Å². The van der Waals surface area contributed by atoms with E-state index in [1.165, 1.54) is 25.7 Å². The number of morpholine rings is 1. The van der Waals surface area contributed by atoms with Crippen molar-refractivity contribution in [2.24, 2.45) is 5.73 Å². The van der Waals surface area contributed by atoms with Crippen molar-refractivity contribution >= 4 is 12.4 Å². The van der Waals surface area contributed by atoms with Crippen LogP contribution in [0.15, 0.2) is 0 Å². The highest BCUT2D eigenvalue weighted by atomic mass is 35.5. The molecule has 4 heteroatoms. The molecule has 0 aromatic carbocycles. The molecular formula is C12H25ClN2O. The molecule has 0 amide bonds. The quantitative estimate of drug-likeness (QED) is 0.810. The zero-order valence-electron chi connectivity index (χ0n) is 10.4. The smallest absolute Gasteiger partial charge is 0.0730 e. The summed E-state index contributed by atoms with van der Waals surface area (Å²) in [5.41, 5.74) is 6.02. The molecule has 0 bridgehead atoms. The molecule has 0 aromatic rings. The summed E-state index contributed by atoms with van der Waals surface area (Å²) in [7, 11) is 0. The molecule has 96 valence electrons. The first-order chi connectivity index (χ1) is 7.06. The van der Waals surface area contributed by atoms with E-state index in [-0.39, 0.29) is 17.9 Å². The van der Waals surface area contributed by atoms with E-state index in [1.54, 1.807) is 0 Å². The number of rotatable bonds is 2. The molecule has 1 heterocycles. The Bertz CT molecular complexity index is 216. The number of halogens is 1. The minimum absolute atomic E-state index is 0. The van der Waals surface area contributed by atoms with Gasteiger partial charge < -0.3 is 10.5 Å². The van der Waals surface area contributed by atoms with Gasteiger partial charge in [0.1, 0.15) is 0 Å². The number of hydrogen-bond donors (Lipinski definition) is 1.